The van der Waals surface area contributed by atoms with Gasteiger partial charge in [0.1, 0.15) is 24.2 Å². The van der Waals surface area contributed by atoms with E-state index in [9.17, 15) is 29.8 Å². The number of aromatic nitrogens is 6. The van der Waals surface area contributed by atoms with Crippen molar-refractivity contribution in [3.05, 3.63) is 91.0 Å². The number of tetrazole rings is 1. The Bertz CT molecular complexity index is 1750. The molecule has 0 aliphatic rings. The molecule has 1 atom stereocenters. The topological polar surface area (TPSA) is 230 Å². The highest BCUT2D eigenvalue weighted by atomic mass is 35.5. The molecule has 0 fully saturated rings. The highest BCUT2D eigenvalue weighted by Crippen LogP contribution is 2.30. The lowest BCUT2D eigenvalue weighted by Gasteiger charge is -2.13. The third-order valence-electron chi connectivity index (χ3n) is 7.65. The number of unbranched alkanes of at least 4 members (excludes halogenated alkanes) is 2. The number of aromatic amines is 1. The first-order valence-electron chi connectivity index (χ1n) is 16.2. The van der Waals surface area contributed by atoms with Gasteiger partial charge < -0.3 is 23.7 Å². The molecule has 1 N–H and O–H groups in total. The summed E-state index contributed by atoms with van der Waals surface area (Å²) in [4.78, 5) is 59.3. The minimum atomic E-state index is -1.14. The SMILES string of the molecule is CCCCc1nc(Cl)c(C(=O)CCCOC(=O)OCCCCC(CO[N+](=O)[O-])O[N+](=O)[O-])n1Cc1ccc(-c2ccccc2-c2nn[nH]n2)cc1. The first kappa shape index (κ1) is 38.2. The van der Waals surface area contributed by atoms with Crippen molar-refractivity contribution in [2.24, 2.45) is 0 Å². The van der Waals surface area contributed by atoms with E-state index in [1.54, 1.807) is 0 Å². The second-order valence-electron chi connectivity index (χ2n) is 11.3. The van der Waals surface area contributed by atoms with Crippen LogP contribution in [0.2, 0.25) is 5.15 Å². The quantitative estimate of drug-likeness (QED) is 0.0329. The van der Waals surface area contributed by atoms with Crippen LogP contribution in [0, 0.1) is 20.2 Å². The predicted molar refractivity (Wildman–Crippen MR) is 180 cm³/mol. The highest BCUT2D eigenvalue weighted by molar-refractivity contribution is 6.32. The van der Waals surface area contributed by atoms with Gasteiger partial charge in [0.05, 0.1) is 13.2 Å². The fourth-order valence-corrected chi connectivity index (χ4v) is 5.52. The number of carbonyl (C=O) groups is 2. The van der Waals surface area contributed by atoms with Crippen LogP contribution in [0.25, 0.3) is 22.5 Å². The van der Waals surface area contributed by atoms with Crippen molar-refractivity contribution in [1.82, 2.24) is 30.2 Å². The Labute approximate surface area is 296 Å². The van der Waals surface area contributed by atoms with E-state index in [1.165, 1.54) is 0 Å². The number of hydrogen-bond donors (Lipinski definition) is 1. The maximum absolute atomic E-state index is 13.4. The van der Waals surface area contributed by atoms with E-state index in [2.05, 4.69) is 42.2 Å². The third kappa shape index (κ3) is 11.7. The molecule has 0 aliphatic carbocycles. The molecule has 2 heterocycles. The van der Waals surface area contributed by atoms with E-state index < -0.39 is 29.0 Å². The molecule has 0 saturated carbocycles. The monoisotopic (exact) mass is 728 g/mol. The minimum absolute atomic E-state index is 0.0434. The lowest BCUT2D eigenvalue weighted by Crippen LogP contribution is -2.24. The Morgan fingerprint density at radius 1 is 0.961 bits per heavy atom. The molecule has 272 valence electrons. The van der Waals surface area contributed by atoms with Crippen LogP contribution in [0.1, 0.15) is 73.7 Å². The number of rotatable bonds is 22. The molecule has 2 aromatic heterocycles. The lowest BCUT2D eigenvalue weighted by atomic mass is 9.98. The van der Waals surface area contributed by atoms with Gasteiger partial charge in [0.2, 0.25) is 5.82 Å². The van der Waals surface area contributed by atoms with E-state index in [0.717, 1.165) is 35.1 Å². The molecule has 0 amide bonds. The smallest absolute Gasteiger partial charge is 0.434 e. The number of benzene rings is 2. The van der Waals surface area contributed by atoms with Gasteiger partial charge in [-0.1, -0.05) is 73.5 Å². The van der Waals surface area contributed by atoms with Crippen molar-refractivity contribution < 1.29 is 38.9 Å². The fourth-order valence-electron chi connectivity index (χ4n) is 5.22. The molecular weight excluding hydrogens is 692 g/mol. The lowest BCUT2D eigenvalue weighted by molar-refractivity contribution is -0.790. The Kier molecular flexibility index (Phi) is 14.6. The summed E-state index contributed by atoms with van der Waals surface area (Å²) in [5.41, 5.74) is 3.97. The van der Waals surface area contributed by atoms with Gasteiger partial charge in [-0.3, -0.25) is 4.79 Å². The molecule has 4 rings (SSSR count). The van der Waals surface area contributed by atoms with E-state index in [0.29, 0.717) is 43.1 Å². The molecular formula is C32H37ClN8O10. The maximum atomic E-state index is 13.4. The molecule has 18 nitrogen and oxygen atoms in total. The van der Waals surface area contributed by atoms with Crippen LogP contribution in [0.4, 0.5) is 4.79 Å². The zero-order valence-corrected chi connectivity index (χ0v) is 28.5. The van der Waals surface area contributed by atoms with Gasteiger partial charge in [0, 0.05) is 24.9 Å². The summed E-state index contributed by atoms with van der Waals surface area (Å²) in [6, 6.07) is 15.7. The zero-order valence-electron chi connectivity index (χ0n) is 27.8. The van der Waals surface area contributed by atoms with Gasteiger partial charge in [-0.2, -0.15) is 5.21 Å². The number of nitrogens with zero attached hydrogens (tertiary/aromatic N) is 7. The van der Waals surface area contributed by atoms with Crippen LogP contribution < -0.4 is 0 Å². The number of Topliss-reactive ketones (excluding diaryl/α,β-unsaturated/α-hetero) is 1. The summed E-state index contributed by atoms with van der Waals surface area (Å²) in [5.74, 6) is 0.951. The molecule has 2 aromatic carbocycles. The van der Waals surface area contributed by atoms with E-state index in [4.69, 9.17) is 21.1 Å². The number of imidazole rings is 1. The summed E-state index contributed by atoms with van der Waals surface area (Å²) < 4.78 is 11.9. The van der Waals surface area contributed by atoms with Gasteiger partial charge in [0.25, 0.3) is 10.2 Å². The highest BCUT2D eigenvalue weighted by Gasteiger charge is 2.22. The number of halogens is 1. The van der Waals surface area contributed by atoms with Crippen LogP contribution in [0.5, 0.6) is 0 Å². The summed E-state index contributed by atoms with van der Waals surface area (Å²) in [6.45, 7) is 1.70. The number of carbonyl (C=O) groups excluding carboxylic acids is 2. The second-order valence-corrected chi connectivity index (χ2v) is 11.6. The Morgan fingerprint density at radius 2 is 1.69 bits per heavy atom. The van der Waals surface area contributed by atoms with Crippen molar-refractivity contribution in [2.45, 2.75) is 70.9 Å². The molecule has 0 saturated heterocycles. The number of aryl methyl sites for hydroxylation is 1. The van der Waals surface area contributed by atoms with Crippen molar-refractivity contribution in [3.63, 3.8) is 0 Å². The molecule has 0 spiro atoms. The average Bonchev–Trinajstić information content (AvgIpc) is 3.76. The van der Waals surface area contributed by atoms with Gasteiger partial charge in [-0.25, -0.2) is 9.78 Å². The Morgan fingerprint density at radius 3 is 2.35 bits per heavy atom. The van der Waals surface area contributed by atoms with Crippen LogP contribution in [-0.4, -0.2) is 78.2 Å². The zero-order chi connectivity index (χ0) is 36.6. The van der Waals surface area contributed by atoms with Crippen molar-refractivity contribution >= 4 is 23.5 Å². The van der Waals surface area contributed by atoms with Crippen LogP contribution in [0.15, 0.2) is 48.5 Å². The van der Waals surface area contributed by atoms with E-state index in [-0.39, 0.29) is 43.4 Å². The number of hydrogen-bond acceptors (Lipinski definition) is 14. The first-order chi connectivity index (χ1) is 24.7. The minimum Gasteiger partial charge on any atom is -0.434 e. The molecule has 4 aromatic rings. The van der Waals surface area contributed by atoms with Gasteiger partial charge in [-0.05, 0) is 54.0 Å². The summed E-state index contributed by atoms with van der Waals surface area (Å²) in [5, 5.41) is 33.2. The number of H-pyrrole nitrogens is 1. The molecule has 0 radical (unpaired) electrons. The molecule has 1 unspecified atom stereocenters. The van der Waals surface area contributed by atoms with E-state index in [1.807, 2.05) is 53.1 Å². The van der Waals surface area contributed by atoms with E-state index >= 15 is 0 Å². The average molecular weight is 729 g/mol. The largest absolute Gasteiger partial charge is 0.508 e. The maximum Gasteiger partial charge on any atom is 0.508 e. The first-order valence-corrected chi connectivity index (χ1v) is 16.6. The van der Waals surface area contributed by atoms with Gasteiger partial charge in [0.15, 0.2) is 10.9 Å². The Balaban J connectivity index is 1.29. The number of ketones is 1. The Hall–Kier alpha value is -5.65. The molecule has 0 aliphatic heterocycles. The van der Waals surface area contributed by atoms with Crippen LogP contribution in [0.3, 0.4) is 0 Å². The third-order valence-corrected chi connectivity index (χ3v) is 7.91. The summed E-state index contributed by atoms with van der Waals surface area (Å²) in [6.07, 6.45) is 1.29. The van der Waals surface area contributed by atoms with Crippen molar-refractivity contribution in [2.75, 3.05) is 19.8 Å². The predicted octanol–water partition coefficient (Wildman–Crippen LogP) is 5.85. The van der Waals surface area contributed by atoms with Crippen LogP contribution >= 0.6 is 11.6 Å². The van der Waals surface area contributed by atoms with Gasteiger partial charge in [-0.15, -0.1) is 30.4 Å². The van der Waals surface area contributed by atoms with Crippen LogP contribution in [-0.2, 0) is 32.1 Å². The van der Waals surface area contributed by atoms with Crippen molar-refractivity contribution in [3.8, 4) is 22.5 Å². The number of ether oxygens (including phenoxy) is 2. The number of nitrogens with one attached hydrogen (secondary N) is 1. The molecule has 0 bridgehead atoms. The molecule has 51 heavy (non-hydrogen) atoms. The summed E-state index contributed by atoms with van der Waals surface area (Å²) >= 11 is 6.53. The molecule has 19 heteroatoms. The standard InChI is InChI=1S/C32H37ClN8O10/c1-2-3-13-28-34-30(33)29(27(42)12-8-19-49-32(43)48-18-7-6-9-24(51-41(46)47)21-50-40(44)45)39(28)20-22-14-16-23(17-15-22)25-10-4-5-11-26(25)31-35-37-38-36-31/h4-5,10-11,14-17,24H,2-3,6-9,12-13,18-21H2,1H3,(H,35,36,37,38). The summed E-state index contributed by atoms with van der Waals surface area (Å²) in [7, 11) is 0. The van der Waals surface area contributed by atoms with Crippen molar-refractivity contribution in [1.29, 1.82) is 0 Å². The normalized spacial score (nSPS) is 11.5. The second kappa shape index (κ2) is 19.5. The fraction of sp³-hybridized carbons (Fsp3) is 0.438. The van der Waals surface area contributed by atoms with Gasteiger partial charge >= 0.3 is 6.16 Å².